The predicted molar refractivity (Wildman–Crippen MR) is 239 cm³/mol. The minimum absolute atomic E-state index is 0.272. The summed E-state index contributed by atoms with van der Waals surface area (Å²) in [7, 11) is 0. The summed E-state index contributed by atoms with van der Waals surface area (Å²) in [5, 5.41) is 10.9. The molecular formula is C51H34N4OS. The zero-order valence-corrected chi connectivity index (χ0v) is 31.6. The summed E-state index contributed by atoms with van der Waals surface area (Å²) in [6.45, 7) is 0. The van der Waals surface area contributed by atoms with Crippen LogP contribution >= 0.6 is 11.3 Å². The summed E-state index contributed by atoms with van der Waals surface area (Å²) in [6.07, 6.45) is 8.46. The molecule has 0 saturated heterocycles. The molecule has 3 aromatic heterocycles. The molecule has 0 radical (unpaired) electrons. The topological polar surface area (TPSA) is 54.8 Å². The van der Waals surface area contributed by atoms with Gasteiger partial charge in [0.05, 0.1) is 11.0 Å². The van der Waals surface area contributed by atoms with Gasteiger partial charge in [-0.2, -0.15) is 0 Å². The standard InChI is InChI=1S/C51H34N4OS/c1-3-12-31(13-4-1)49-52-50(32-14-5-2-6-15-32)54-51(53-49)40-19-11-18-39-42-28-33(23-27-47(42)57-48(39)40)34-22-25-38-41-30-35(24-26-45(41)56-46(38)29-34)55-43-20-9-7-16-36(43)37-17-8-10-21-44(37)55/h1,3-5,7-30,51H,2,6H2,(H,52,53,54). The van der Waals surface area contributed by atoms with Crippen LogP contribution < -0.4 is 5.32 Å². The third-order valence-electron chi connectivity index (χ3n) is 11.5. The quantitative estimate of drug-likeness (QED) is 0.190. The van der Waals surface area contributed by atoms with Gasteiger partial charge < -0.3 is 14.3 Å². The van der Waals surface area contributed by atoms with Crippen LogP contribution in [0.2, 0.25) is 0 Å². The van der Waals surface area contributed by atoms with Crippen LogP contribution in [0.1, 0.15) is 30.1 Å². The lowest BCUT2D eigenvalue weighted by atomic mass is 10.00. The minimum atomic E-state index is -0.272. The number of rotatable bonds is 5. The van der Waals surface area contributed by atoms with E-state index in [2.05, 4.69) is 162 Å². The molecule has 1 N–H and O–H groups in total. The maximum atomic E-state index is 6.54. The number of nitrogens with zero attached hydrogens (tertiary/aromatic N) is 3. The molecule has 2 aliphatic rings. The van der Waals surface area contributed by atoms with E-state index in [1.54, 1.807) is 0 Å². The molecule has 0 saturated carbocycles. The number of benzene rings is 7. The highest BCUT2D eigenvalue weighted by atomic mass is 32.1. The SMILES string of the molecule is C1=CC(C2=NC(c3ccccc3)=NC(c3cccc4c3sc3ccc(-c5ccc6c(c5)oc5ccc(-n7c8ccccc8c8ccccc87)cc56)cc34)N2)=CCC1. The van der Waals surface area contributed by atoms with E-state index in [1.165, 1.54) is 42.0 Å². The average molecular weight is 751 g/mol. The number of aromatic nitrogens is 1. The fourth-order valence-corrected chi connectivity index (χ4v) is 9.98. The van der Waals surface area contributed by atoms with Crippen molar-refractivity contribution in [3.8, 4) is 16.8 Å². The Hall–Kier alpha value is -7.02. The normalized spacial score (nSPS) is 15.8. The van der Waals surface area contributed by atoms with Gasteiger partial charge >= 0.3 is 0 Å². The van der Waals surface area contributed by atoms with Crippen LogP contribution in [0.3, 0.4) is 0 Å². The fourth-order valence-electron chi connectivity index (χ4n) is 8.76. The van der Waals surface area contributed by atoms with Crippen molar-refractivity contribution < 1.29 is 4.42 Å². The first-order valence-corrected chi connectivity index (χ1v) is 20.3. The van der Waals surface area contributed by atoms with Crippen LogP contribution in [0.5, 0.6) is 0 Å². The van der Waals surface area contributed by atoms with Gasteiger partial charge in [0.25, 0.3) is 0 Å². The first-order valence-electron chi connectivity index (χ1n) is 19.5. The van der Waals surface area contributed by atoms with Crippen LogP contribution in [0.4, 0.5) is 0 Å². The molecule has 1 aliphatic heterocycles. The maximum absolute atomic E-state index is 6.54. The highest BCUT2D eigenvalue weighted by molar-refractivity contribution is 7.26. The molecule has 0 bridgehead atoms. The third kappa shape index (κ3) is 5.21. The second kappa shape index (κ2) is 12.8. The highest BCUT2D eigenvalue weighted by Crippen LogP contribution is 2.42. The second-order valence-corrected chi connectivity index (χ2v) is 15.9. The highest BCUT2D eigenvalue weighted by Gasteiger charge is 2.25. The summed E-state index contributed by atoms with van der Waals surface area (Å²) in [4.78, 5) is 10.2. The van der Waals surface area contributed by atoms with Crippen molar-refractivity contribution in [1.82, 2.24) is 9.88 Å². The maximum Gasteiger partial charge on any atom is 0.159 e. The van der Waals surface area contributed by atoms with Crippen LogP contribution in [0, 0.1) is 0 Å². The number of allylic oxidation sites excluding steroid dienone is 2. The Morgan fingerprint density at radius 3 is 2.19 bits per heavy atom. The molecule has 0 spiro atoms. The monoisotopic (exact) mass is 750 g/mol. The van der Waals surface area contributed by atoms with Gasteiger partial charge in [-0.1, -0.05) is 115 Å². The third-order valence-corrected chi connectivity index (χ3v) is 12.7. The molecular weight excluding hydrogens is 717 g/mol. The fraction of sp³-hybridized carbons (Fsp3) is 0.0588. The predicted octanol–water partition coefficient (Wildman–Crippen LogP) is 13.4. The van der Waals surface area contributed by atoms with Crippen molar-refractivity contribution in [1.29, 1.82) is 0 Å². The molecule has 0 amide bonds. The molecule has 6 heteroatoms. The summed E-state index contributed by atoms with van der Waals surface area (Å²) < 4.78 is 11.4. The molecule has 1 aliphatic carbocycles. The summed E-state index contributed by atoms with van der Waals surface area (Å²) >= 11 is 1.83. The van der Waals surface area contributed by atoms with E-state index in [1.807, 2.05) is 29.5 Å². The van der Waals surface area contributed by atoms with Crippen LogP contribution in [-0.4, -0.2) is 16.2 Å². The Morgan fingerprint density at radius 1 is 0.596 bits per heavy atom. The Balaban J connectivity index is 0.928. The number of nitrogens with one attached hydrogen (secondary N) is 1. The van der Waals surface area contributed by atoms with Crippen LogP contribution in [-0.2, 0) is 0 Å². The van der Waals surface area contributed by atoms with Gasteiger partial charge in [0.1, 0.15) is 23.2 Å². The number of hydrogen-bond acceptors (Lipinski definition) is 5. The number of fused-ring (bicyclic) bond motifs is 9. The number of amidine groups is 2. The number of furan rings is 1. The van der Waals surface area contributed by atoms with E-state index in [9.17, 15) is 0 Å². The molecule has 1 atom stereocenters. The lowest BCUT2D eigenvalue weighted by Crippen LogP contribution is -2.34. The van der Waals surface area contributed by atoms with Gasteiger partial charge in [-0.05, 0) is 78.6 Å². The van der Waals surface area contributed by atoms with E-state index in [-0.39, 0.29) is 6.17 Å². The lowest BCUT2D eigenvalue weighted by Gasteiger charge is -2.25. The molecule has 1 unspecified atom stereocenters. The van der Waals surface area contributed by atoms with Gasteiger partial charge in [0.2, 0.25) is 0 Å². The van der Waals surface area contributed by atoms with Gasteiger partial charge in [0, 0.05) is 64.1 Å². The zero-order valence-electron chi connectivity index (χ0n) is 30.8. The molecule has 10 aromatic rings. The number of hydrogen-bond donors (Lipinski definition) is 1. The molecule has 4 heterocycles. The van der Waals surface area contributed by atoms with Crippen molar-refractivity contribution in [2.45, 2.75) is 19.0 Å². The van der Waals surface area contributed by atoms with Gasteiger partial charge in [-0.25, -0.2) is 9.98 Å². The first-order chi connectivity index (χ1) is 28.2. The Labute approximate surface area is 332 Å². The van der Waals surface area contributed by atoms with Crippen LogP contribution in [0.15, 0.2) is 190 Å². The van der Waals surface area contributed by atoms with Crippen LogP contribution in [0.25, 0.3) is 80.7 Å². The minimum Gasteiger partial charge on any atom is -0.456 e. The Morgan fingerprint density at radius 2 is 1.37 bits per heavy atom. The summed E-state index contributed by atoms with van der Waals surface area (Å²) in [5.41, 5.74) is 10.9. The first kappa shape index (κ1) is 32.2. The summed E-state index contributed by atoms with van der Waals surface area (Å²) in [6, 6.07) is 54.2. The van der Waals surface area contributed by atoms with Crippen molar-refractivity contribution in [3.05, 3.63) is 187 Å². The largest absolute Gasteiger partial charge is 0.456 e. The van der Waals surface area contributed by atoms with E-state index in [0.29, 0.717) is 0 Å². The van der Waals surface area contributed by atoms with Crippen molar-refractivity contribution in [2.24, 2.45) is 9.98 Å². The van der Waals surface area contributed by atoms with Gasteiger partial charge in [0.15, 0.2) is 5.84 Å². The number of para-hydroxylation sites is 2. The molecule has 270 valence electrons. The van der Waals surface area contributed by atoms with E-state index in [4.69, 9.17) is 14.4 Å². The number of aliphatic imine (C=N–C) groups is 2. The Kier molecular flexibility index (Phi) is 7.22. The zero-order chi connectivity index (χ0) is 37.5. The summed E-state index contributed by atoms with van der Waals surface area (Å²) in [5.74, 6) is 1.62. The number of thiophene rings is 1. The van der Waals surface area contributed by atoms with Crippen molar-refractivity contribution in [2.75, 3.05) is 0 Å². The molecule has 12 rings (SSSR count). The smallest absolute Gasteiger partial charge is 0.159 e. The Bertz CT molecular complexity index is 3340. The van der Waals surface area contributed by atoms with E-state index in [0.717, 1.165) is 80.0 Å². The molecule has 57 heavy (non-hydrogen) atoms. The molecule has 0 fully saturated rings. The average Bonchev–Trinajstić information content (AvgIpc) is 3.95. The van der Waals surface area contributed by atoms with Gasteiger partial charge in [-0.15, -0.1) is 11.3 Å². The second-order valence-electron chi connectivity index (χ2n) is 14.9. The van der Waals surface area contributed by atoms with Crippen molar-refractivity contribution in [3.63, 3.8) is 0 Å². The molecule has 5 nitrogen and oxygen atoms in total. The van der Waals surface area contributed by atoms with Gasteiger partial charge in [-0.3, -0.25) is 0 Å². The van der Waals surface area contributed by atoms with Crippen molar-refractivity contribution >= 4 is 86.9 Å². The van der Waals surface area contributed by atoms with E-state index < -0.39 is 0 Å². The lowest BCUT2D eigenvalue weighted by molar-refractivity contribution is 0.669. The molecule has 7 aromatic carbocycles. The van der Waals surface area contributed by atoms with E-state index >= 15 is 0 Å².